The van der Waals surface area contributed by atoms with Gasteiger partial charge in [-0.1, -0.05) is 27.7 Å². The van der Waals surface area contributed by atoms with Gasteiger partial charge in [0.15, 0.2) is 0 Å². The molecule has 1 fully saturated rings. The molecule has 19 heavy (non-hydrogen) atoms. The van der Waals surface area contributed by atoms with Crippen molar-refractivity contribution in [3.63, 3.8) is 0 Å². The number of hydrogen-bond acceptors (Lipinski definition) is 2. The van der Waals surface area contributed by atoms with Crippen LogP contribution in [0.25, 0.3) is 0 Å². The number of nitrogens with one attached hydrogen (secondary N) is 1. The van der Waals surface area contributed by atoms with Crippen molar-refractivity contribution in [2.45, 2.75) is 40.3 Å². The van der Waals surface area contributed by atoms with Gasteiger partial charge < -0.3 is 15.0 Å². The van der Waals surface area contributed by atoms with Crippen LogP contribution in [0.2, 0.25) is 0 Å². The van der Waals surface area contributed by atoms with Crippen LogP contribution in [0.5, 0.6) is 0 Å². The summed E-state index contributed by atoms with van der Waals surface area (Å²) in [7, 11) is 0. The Labute approximate surface area is 112 Å². The lowest BCUT2D eigenvalue weighted by Crippen LogP contribution is -2.31. The summed E-state index contributed by atoms with van der Waals surface area (Å²) in [6.45, 7) is 8.28. The average Bonchev–Trinajstić information content (AvgIpc) is 2.68. The summed E-state index contributed by atoms with van der Waals surface area (Å²) >= 11 is 0. The fourth-order valence-corrected chi connectivity index (χ4v) is 2.67. The van der Waals surface area contributed by atoms with Gasteiger partial charge in [-0.3, -0.25) is 9.59 Å². The van der Waals surface area contributed by atoms with Crippen LogP contribution in [-0.4, -0.2) is 27.6 Å². The van der Waals surface area contributed by atoms with E-state index in [1.165, 1.54) is 4.57 Å². The first-order valence-electron chi connectivity index (χ1n) is 6.35. The van der Waals surface area contributed by atoms with E-state index in [0.717, 1.165) is 0 Å². The van der Waals surface area contributed by atoms with Crippen molar-refractivity contribution in [2.75, 3.05) is 0 Å². The zero-order valence-corrected chi connectivity index (χ0v) is 11.7. The molecule has 5 nitrogen and oxygen atoms in total. The minimum absolute atomic E-state index is 0.0624. The van der Waals surface area contributed by atoms with Gasteiger partial charge in [0.25, 0.3) is 5.91 Å². The van der Waals surface area contributed by atoms with E-state index in [2.05, 4.69) is 33.0 Å². The highest BCUT2D eigenvalue weighted by Gasteiger charge is 2.65. The summed E-state index contributed by atoms with van der Waals surface area (Å²) in [5.74, 6) is -1.17. The molecule has 2 rings (SSSR count). The largest absolute Gasteiger partial charge is 0.480 e. The van der Waals surface area contributed by atoms with E-state index in [-0.39, 0.29) is 29.3 Å². The molecule has 0 atom stereocenters. The van der Waals surface area contributed by atoms with Gasteiger partial charge in [0, 0.05) is 12.2 Å². The SMILES string of the molecule is CC1(C)C(NC(=O)c2cccn2CC(=O)O)C1(C)C. The molecule has 1 aromatic rings. The van der Waals surface area contributed by atoms with Gasteiger partial charge in [0.1, 0.15) is 12.2 Å². The molecule has 104 valence electrons. The number of nitrogens with zero attached hydrogens (tertiary/aromatic N) is 1. The topological polar surface area (TPSA) is 71.3 Å². The average molecular weight is 264 g/mol. The Morgan fingerprint density at radius 3 is 2.37 bits per heavy atom. The summed E-state index contributed by atoms with van der Waals surface area (Å²) in [5.41, 5.74) is 0.514. The number of aliphatic carboxylic acids is 1. The van der Waals surface area contributed by atoms with Gasteiger partial charge in [0.05, 0.1) is 0 Å². The zero-order chi connectivity index (χ0) is 14.4. The fourth-order valence-electron chi connectivity index (χ4n) is 2.67. The van der Waals surface area contributed by atoms with Crippen LogP contribution in [0.4, 0.5) is 0 Å². The van der Waals surface area contributed by atoms with E-state index in [1.807, 2.05) is 0 Å². The van der Waals surface area contributed by atoms with Gasteiger partial charge in [0.2, 0.25) is 0 Å². The smallest absolute Gasteiger partial charge is 0.323 e. The Morgan fingerprint density at radius 2 is 1.89 bits per heavy atom. The predicted molar refractivity (Wildman–Crippen MR) is 70.9 cm³/mol. The molecule has 1 saturated carbocycles. The van der Waals surface area contributed by atoms with Crippen molar-refractivity contribution in [1.82, 2.24) is 9.88 Å². The number of amides is 1. The molecule has 1 aromatic heterocycles. The molecule has 0 spiro atoms. The molecule has 1 amide bonds. The fraction of sp³-hybridized carbons (Fsp3) is 0.571. The molecule has 0 aliphatic heterocycles. The van der Waals surface area contributed by atoms with E-state index in [4.69, 9.17) is 5.11 Å². The maximum atomic E-state index is 12.2. The predicted octanol–water partition coefficient (Wildman–Crippen LogP) is 1.74. The van der Waals surface area contributed by atoms with Crippen LogP contribution in [-0.2, 0) is 11.3 Å². The van der Waals surface area contributed by atoms with Crippen molar-refractivity contribution < 1.29 is 14.7 Å². The summed E-state index contributed by atoms with van der Waals surface area (Å²) in [5, 5.41) is 11.8. The lowest BCUT2D eigenvalue weighted by atomic mass is 10.0. The number of rotatable bonds is 4. The van der Waals surface area contributed by atoms with Gasteiger partial charge in [-0.15, -0.1) is 0 Å². The van der Waals surface area contributed by atoms with Crippen molar-refractivity contribution in [2.24, 2.45) is 10.8 Å². The minimum Gasteiger partial charge on any atom is -0.480 e. The van der Waals surface area contributed by atoms with Crippen molar-refractivity contribution in [3.8, 4) is 0 Å². The molecule has 0 bridgehead atoms. The molecule has 0 radical (unpaired) electrons. The molecule has 0 unspecified atom stereocenters. The van der Waals surface area contributed by atoms with Gasteiger partial charge >= 0.3 is 5.97 Å². The van der Waals surface area contributed by atoms with Gasteiger partial charge in [-0.2, -0.15) is 0 Å². The minimum atomic E-state index is -0.961. The van der Waals surface area contributed by atoms with Crippen LogP contribution >= 0.6 is 0 Å². The second-order valence-electron chi connectivity index (χ2n) is 6.26. The first-order chi connectivity index (χ1) is 8.68. The first kappa shape index (κ1) is 13.6. The second-order valence-corrected chi connectivity index (χ2v) is 6.26. The lowest BCUT2D eigenvalue weighted by Gasteiger charge is -2.09. The number of carboxylic acid groups (broad SMARTS) is 1. The Balaban J connectivity index is 2.10. The van der Waals surface area contributed by atoms with Crippen LogP contribution in [0.15, 0.2) is 18.3 Å². The number of hydrogen-bond donors (Lipinski definition) is 2. The third-order valence-electron chi connectivity index (χ3n) is 4.66. The number of carboxylic acids is 1. The molecule has 0 aromatic carbocycles. The Bertz CT molecular complexity index is 515. The van der Waals surface area contributed by atoms with Crippen LogP contribution < -0.4 is 5.32 Å². The van der Waals surface area contributed by atoms with E-state index in [9.17, 15) is 9.59 Å². The summed E-state index contributed by atoms with van der Waals surface area (Å²) < 4.78 is 1.44. The lowest BCUT2D eigenvalue weighted by molar-refractivity contribution is -0.137. The standard InChI is InChI=1S/C14H20N2O3/c1-13(2)12(14(13,3)4)15-11(19)9-6-5-7-16(9)8-10(17)18/h5-7,12H,8H2,1-4H3,(H,15,19)(H,17,18). The maximum Gasteiger partial charge on any atom is 0.323 e. The van der Waals surface area contributed by atoms with Crippen molar-refractivity contribution in [3.05, 3.63) is 24.0 Å². The number of carbonyl (C=O) groups excluding carboxylic acids is 1. The number of carbonyl (C=O) groups is 2. The Kier molecular flexibility index (Phi) is 2.96. The maximum absolute atomic E-state index is 12.2. The molecular formula is C14H20N2O3. The normalized spacial score (nSPS) is 20.0. The molecule has 0 saturated heterocycles. The third-order valence-corrected chi connectivity index (χ3v) is 4.66. The molecule has 1 heterocycles. The summed E-state index contributed by atoms with van der Waals surface area (Å²) in [4.78, 5) is 22.9. The Morgan fingerprint density at radius 1 is 1.32 bits per heavy atom. The number of aromatic nitrogens is 1. The third kappa shape index (κ3) is 2.13. The quantitative estimate of drug-likeness (QED) is 0.870. The molecule has 1 aliphatic carbocycles. The molecule has 1 aliphatic rings. The van der Waals surface area contributed by atoms with E-state index < -0.39 is 5.97 Å². The van der Waals surface area contributed by atoms with Gasteiger partial charge in [-0.05, 0) is 23.0 Å². The van der Waals surface area contributed by atoms with Gasteiger partial charge in [-0.25, -0.2) is 0 Å². The first-order valence-corrected chi connectivity index (χ1v) is 6.35. The highest BCUT2D eigenvalue weighted by molar-refractivity contribution is 5.93. The summed E-state index contributed by atoms with van der Waals surface area (Å²) in [6.07, 6.45) is 1.60. The molecule has 2 N–H and O–H groups in total. The highest BCUT2D eigenvalue weighted by Crippen LogP contribution is 2.62. The van der Waals surface area contributed by atoms with Crippen molar-refractivity contribution in [1.29, 1.82) is 0 Å². The van der Waals surface area contributed by atoms with Crippen LogP contribution in [0, 0.1) is 10.8 Å². The van der Waals surface area contributed by atoms with Crippen molar-refractivity contribution >= 4 is 11.9 Å². The molecule has 5 heteroatoms. The summed E-state index contributed by atoms with van der Waals surface area (Å²) in [6, 6.07) is 3.43. The van der Waals surface area contributed by atoms with E-state index in [1.54, 1.807) is 18.3 Å². The highest BCUT2D eigenvalue weighted by atomic mass is 16.4. The van der Waals surface area contributed by atoms with E-state index in [0.29, 0.717) is 5.69 Å². The second kappa shape index (κ2) is 4.11. The Hall–Kier alpha value is -1.78. The van der Waals surface area contributed by atoms with Crippen LogP contribution in [0.1, 0.15) is 38.2 Å². The molecular weight excluding hydrogens is 244 g/mol. The van der Waals surface area contributed by atoms with E-state index >= 15 is 0 Å². The zero-order valence-electron chi connectivity index (χ0n) is 11.7. The van der Waals surface area contributed by atoms with Crippen LogP contribution in [0.3, 0.4) is 0 Å². The monoisotopic (exact) mass is 264 g/mol.